The number of hydrogen-bond acceptors (Lipinski definition) is 1. The fraction of sp³-hybridized carbons (Fsp3) is 1.00. The smallest absolute Gasteiger partial charge is 0.0466 e. The molecule has 0 rings (SSSR count). The lowest BCUT2D eigenvalue weighted by Gasteiger charge is -2.05. The molecule has 0 fully saturated rings. The first-order chi connectivity index (χ1) is 13.4. The zero-order valence-corrected chi connectivity index (χ0v) is 20.0. The highest BCUT2D eigenvalue weighted by Crippen LogP contribution is 2.12. The van der Waals surface area contributed by atoms with Crippen LogP contribution in [0.15, 0.2) is 0 Å². The summed E-state index contributed by atoms with van der Waals surface area (Å²) in [6.07, 6.45) is 28.2. The molecule has 0 aliphatic heterocycles. The highest BCUT2D eigenvalue weighted by atomic mass is 16.5. The second kappa shape index (κ2) is 30.7. The second-order valence-electron chi connectivity index (χ2n) is 7.98. The van der Waals surface area contributed by atoms with Crippen molar-refractivity contribution in [3.8, 4) is 0 Å². The molecule has 0 saturated carbocycles. The van der Waals surface area contributed by atoms with E-state index >= 15 is 0 Å². The SMILES string of the molecule is CC.CCCCCCCCCCCCOCCCCCCCCCCCC. The van der Waals surface area contributed by atoms with Crippen molar-refractivity contribution in [2.24, 2.45) is 0 Å². The molecule has 27 heavy (non-hydrogen) atoms. The molecule has 0 heterocycles. The van der Waals surface area contributed by atoms with Gasteiger partial charge in [-0.3, -0.25) is 0 Å². The molecule has 0 aromatic rings. The van der Waals surface area contributed by atoms with Gasteiger partial charge in [-0.1, -0.05) is 143 Å². The topological polar surface area (TPSA) is 9.23 Å². The first-order valence-corrected chi connectivity index (χ1v) is 13.0. The van der Waals surface area contributed by atoms with Crippen LogP contribution >= 0.6 is 0 Å². The fourth-order valence-corrected chi connectivity index (χ4v) is 3.49. The van der Waals surface area contributed by atoms with Gasteiger partial charge in [-0.25, -0.2) is 0 Å². The summed E-state index contributed by atoms with van der Waals surface area (Å²) < 4.78 is 5.78. The molecule has 0 radical (unpaired) electrons. The van der Waals surface area contributed by atoms with E-state index in [2.05, 4.69) is 13.8 Å². The van der Waals surface area contributed by atoms with Crippen LogP contribution in [0.3, 0.4) is 0 Å². The third-order valence-electron chi connectivity index (χ3n) is 5.28. The monoisotopic (exact) mass is 384 g/mol. The van der Waals surface area contributed by atoms with Gasteiger partial charge in [0, 0.05) is 13.2 Å². The Labute approximate surface area is 174 Å². The summed E-state index contributed by atoms with van der Waals surface area (Å²) in [5.74, 6) is 0. The minimum absolute atomic E-state index is 0.994. The predicted octanol–water partition coefficient (Wildman–Crippen LogP) is 9.87. The van der Waals surface area contributed by atoms with Gasteiger partial charge in [0.2, 0.25) is 0 Å². The molecular weight excluding hydrogens is 328 g/mol. The van der Waals surface area contributed by atoms with Crippen molar-refractivity contribution < 1.29 is 4.74 Å². The summed E-state index contributed by atoms with van der Waals surface area (Å²) in [7, 11) is 0. The van der Waals surface area contributed by atoms with Crippen LogP contribution < -0.4 is 0 Å². The molecule has 166 valence electrons. The van der Waals surface area contributed by atoms with Gasteiger partial charge in [0.15, 0.2) is 0 Å². The van der Waals surface area contributed by atoms with Crippen molar-refractivity contribution in [2.45, 2.75) is 156 Å². The van der Waals surface area contributed by atoms with Crippen LogP contribution in [0.25, 0.3) is 0 Å². The van der Waals surface area contributed by atoms with E-state index in [0.717, 1.165) is 13.2 Å². The molecule has 0 bridgehead atoms. The molecule has 0 amide bonds. The number of rotatable bonds is 22. The van der Waals surface area contributed by atoms with Crippen molar-refractivity contribution >= 4 is 0 Å². The highest BCUT2D eigenvalue weighted by Gasteiger charge is 1.95. The van der Waals surface area contributed by atoms with Crippen LogP contribution in [-0.2, 0) is 4.74 Å². The van der Waals surface area contributed by atoms with E-state index in [1.165, 1.54) is 128 Å². The minimum atomic E-state index is 0.994. The summed E-state index contributed by atoms with van der Waals surface area (Å²) in [5.41, 5.74) is 0. The van der Waals surface area contributed by atoms with Gasteiger partial charge >= 0.3 is 0 Å². The van der Waals surface area contributed by atoms with E-state index in [9.17, 15) is 0 Å². The van der Waals surface area contributed by atoms with Crippen LogP contribution in [-0.4, -0.2) is 13.2 Å². The molecular formula is C26H56O. The maximum atomic E-state index is 5.78. The van der Waals surface area contributed by atoms with Crippen molar-refractivity contribution in [1.29, 1.82) is 0 Å². The molecule has 0 unspecified atom stereocenters. The van der Waals surface area contributed by atoms with Crippen LogP contribution in [0.2, 0.25) is 0 Å². The van der Waals surface area contributed by atoms with Gasteiger partial charge in [-0.15, -0.1) is 0 Å². The quantitative estimate of drug-likeness (QED) is 0.169. The summed E-state index contributed by atoms with van der Waals surface area (Å²) in [5, 5.41) is 0. The molecule has 1 nitrogen and oxygen atoms in total. The zero-order valence-electron chi connectivity index (χ0n) is 20.0. The lowest BCUT2D eigenvalue weighted by Crippen LogP contribution is -1.97. The van der Waals surface area contributed by atoms with Crippen molar-refractivity contribution in [3.05, 3.63) is 0 Å². The van der Waals surface area contributed by atoms with Crippen LogP contribution in [0, 0.1) is 0 Å². The van der Waals surface area contributed by atoms with Gasteiger partial charge in [-0.05, 0) is 12.8 Å². The Morgan fingerprint density at radius 3 is 0.815 bits per heavy atom. The lowest BCUT2D eigenvalue weighted by molar-refractivity contribution is 0.125. The standard InChI is InChI=1S/C24H50O.C2H6/c1-3-5-7-9-11-13-15-17-19-21-23-25-24-22-20-18-16-14-12-10-8-6-4-2;1-2/h3-24H2,1-2H3;1-2H3. The lowest BCUT2D eigenvalue weighted by atomic mass is 10.1. The minimum Gasteiger partial charge on any atom is -0.381 e. The average molecular weight is 385 g/mol. The molecule has 0 N–H and O–H groups in total. The van der Waals surface area contributed by atoms with Crippen LogP contribution in [0.1, 0.15) is 156 Å². The Bertz CT molecular complexity index is 192. The maximum Gasteiger partial charge on any atom is 0.0466 e. The third-order valence-corrected chi connectivity index (χ3v) is 5.28. The molecule has 0 aliphatic carbocycles. The number of hydrogen-bond donors (Lipinski definition) is 0. The summed E-state index contributed by atoms with van der Waals surface area (Å²) in [6.45, 7) is 10.6. The second-order valence-corrected chi connectivity index (χ2v) is 7.98. The number of unbranched alkanes of at least 4 members (excludes halogenated alkanes) is 18. The largest absolute Gasteiger partial charge is 0.381 e. The van der Waals surface area contributed by atoms with Crippen molar-refractivity contribution in [3.63, 3.8) is 0 Å². The first kappa shape index (κ1) is 29.2. The zero-order chi connectivity index (χ0) is 20.3. The van der Waals surface area contributed by atoms with Gasteiger partial charge in [0.25, 0.3) is 0 Å². The Balaban J connectivity index is 0. The Morgan fingerprint density at radius 1 is 0.333 bits per heavy atom. The Kier molecular flexibility index (Phi) is 33.1. The van der Waals surface area contributed by atoms with Crippen LogP contribution in [0.5, 0.6) is 0 Å². The van der Waals surface area contributed by atoms with E-state index in [0.29, 0.717) is 0 Å². The molecule has 0 aliphatic rings. The predicted molar refractivity (Wildman–Crippen MR) is 126 cm³/mol. The van der Waals surface area contributed by atoms with E-state index in [-0.39, 0.29) is 0 Å². The number of ether oxygens (including phenoxy) is 1. The van der Waals surface area contributed by atoms with E-state index in [1.807, 2.05) is 13.8 Å². The Hall–Kier alpha value is -0.0400. The average Bonchev–Trinajstić information content (AvgIpc) is 2.70. The van der Waals surface area contributed by atoms with Gasteiger partial charge in [0.05, 0.1) is 0 Å². The first-order valence-electron chi connectivity index (χ1n) is 13.0. The summed E-state index contributed by atoms with van der Waals surface area (Å²) >= 11 is 0. The van der Waals surface area contributed by atoms with Crippen molar-refractivity contribution in [1.82, 2.24) is 0 Å². The third kappa shape index (κ3) is 30.9. The maximum absolute atomic E-state index is 5.78. The molecule has 0 saturated heterocycles. The summed E-state index contributed by atoms with van der Waals surface area (Å²) in [4.78, 5) is 0. The molecule has 0 aromatic heterocycles. The van der Waals surface area contributed by atoms with E-state index in [4.69, 9.17) is 4.74 Å². The highest BCUT2D eigenvalue weighted by molar-refractivity contribution is 4.49. The van der Waals surface area contributed by atoms with Gasteiger partial charge < -0.3 is 4.74 Å². The normalized spacial score (nSPS) is 10.7. The molecule has 1 heteroatoms. The van der Waals surface area contributed by atoms with Crippen LogP contribution in [0.4, 0.5) is 0 Å². The fourth-order valence-electron chi connectivity index (χ4n) is 3.49. The van der Waals surface area contributed by atoms with E-state index < -0.39 is 0 Å². The van der Waals surface area contributed by atoms with Gasteiger partial charge in [-0.2, -0.15) is 0 Å². The molecule has 0 aromatic carbocycles. The van der Waals surface area contributed by atoms with Crippen molar-refractivity contribution in [2.75, 3.05) is 13.2 Å². The van der Waals surface area contributed by atoms with E-state index in [1.54, 1.807) is 0 Å². The van der Waals surface area contributed by atoms with Gasteiger partial charge in [0.1, 0.15) is 0 Å². The summed E-state index contributed by atoms with van der Waals surface area (Å²) in [6, 6.07) is 0. The molecule has 0 spiro atoms. The Morgan fingerprint density at radius 2 is 0.556 bits per heavy atom. The molecule has 0 atom stereocenters.